The summed E-state index contributed by atoms with van der Waals surface area (Å²) >= 11 is 0. The molecular weight excluding hydrogens is 418 g/mol. The van der Waals surface area contributed by atoms with Crippen LogP contribution in [0.1, 0.15) is 13.8 Å². The van der Waals surface area contributed by atoms with Gasteiger partial charge in [-0.15, -0.1) is 0 Å². The number of aromatic nitrogens is 3. The molecule has 0 atom stereocenters. The molecule has 0 aliphatic carbocycles. The number of nitrogens with zero attached hydrogens (tertiary/aromatic N) is 3. The van der Waals surface area contributed by atoms with Crippen molar-refractivity contribution in [3.05, 3.63) is 66.7 Å². The van der Waals surface area contributed by atoms with E-state index in [1.165, 1.54) is 0 Å². The highest BCUT2D eigenvalue weighted by atomic mass is 16.5. The number of phenols is 3. The number of ether oxygens (including phenoxy) is 1. The van der Waals surface area contributed by atoms with Gasteiger partial charge in [-0.05, 0) is 41.5 Å². The van der Waals surface area contributed by atoms with Crippen LogP contribution in [0, 0.1) is 0 Å². The van der Waals surface area contributed by atoms with Gasteiger partial charge in [0.1, 0.15) is 22.8 Å². The maximum atomic E-state index is 10.4. The van der Waals surface area contributed by atoms with E-state index in [1.54, 1.807) is 0 Å². The molecule has 0 spiro atoms. The molecule has 3 N–H and O–H groups in total. The highest BCUT2D eigenvalue weighted by molar-refractivity contribution is 6.13. The predicted molar refractivity (Wildman–Crippen MR) is 126 cm³/mol. The number of hydrogen-bond acceptors (Lipinski definition) is 7. The van der Waals surface area contributed by atoms with E-state index >= 15 is 0 Å². The van der Waals surface area contributed by atoms with Crippen LogP contribution in [-0.4, -0.2) is 36.4 Å². The topological polar surface area (TPSA) is 109 Å². The van der Waals surface area contributed by atoms with Crippen LogP contribution in [-0.2, 0) is 0 Å². The summed E-state index contributed by atoms with van der Waals surface area (Å²) in [5.41, 5.74) is 0.745. The van der Waals surface area contributed by atoms with Crippen LogP contribution in [0.2, 0.25) is 0 Å². The molecule has 33 heavy (non-hydrogen) atoms. The zero-order chi connectivity index (χ0) is 23.1. The van der Waals surface area contributed by atoms with Crippen LogP contribution in [0.3, 0.4) is 0 Å². The first-order valence-corrected chi connectivity index (χ1v) is 10.5. The molecule has 5 rings (SSSR count). The summed E-state index contributed by atoms with van der Waals surface area (Å²) in [7, 11) is 0. The fraction of sp³-hybridized carbons (Fsp3) is 0.115. The van der Waals surface area contributed by atoms with E-state index in [0.29, 0.717) is 5.82 Å². The van der Waals surface area contributed by atoms with Crippen molar-refractivity contribution >= 4 is 21.5 Å². The third-order valence-electron chi connectivity index (χ3n) is 5.27. The second-order valence-electron chi connectivity index (χ2n) is 7.98. The summed E-state index contributed by atoms with van der Waals surface area (Å²) in [6.07, 6.45) is -0.205. The van der Waals surface area contributed by atoms with Crippen molar-refractivity contribution in [2.75, 3.05) is 0 Å². The smallest absolute Gasteiger partial charge is 0.320 e. The Bertz CT molecular complexity index is 1490. The fourth-order valence-electron chi connectivity index (χ4n) is 3.92. The van der Waals surface area contributed by atoms with E-state index in [4.69, 9.17) is 4.74 Å². The van der Waals surface area contributed by atoms with Crippen LogP contribution >= 0.6 is 0 Å². The zero-order valence-electron chi connectivity index (χ0n) is 18.0. The lowest BCUT2D eigenvalue weighted by Gasteiger charge is -2.14. The van der Waals surface area contributed by atoms with Crippen molar-refractivity contribution in [1.82, 2.24) is 15.0 Å². The molecule has 0 saturated heterocycles. The van der Waals surface area contributed by atoms with Gasteiger partial charge in [0.05, 0.1) is 6.10 Å². The molecule has 0 aliphatic rings. The Morgan fingerprint density at radius 2 is 1.30 bits per heavy atom. The number of rotatable bonds is 4. The fourth-order valence-corrected chi connectivity index (χ4v) is 3.92. The third-order valence-corrected chi connectivity index (χ3v) is 5.27. The van der Waals surface area contributed by atoms with Crippen LogP contribution in [0.25, 0.3) is 44.3 Å². The van der Waals surface area contributed by atoms with E-state index in [9.17, 15) is 15.3 Å². The van der Waals surface area contributed by atoms with Gasteiger partial charge in [-0.3, -0.25) is 0 Å². The van der Waals surface area contributed by atoms with Crippen LogP contribution < -0.4 is 4.74 Å². The minimum atomic E-state index is -0.358. The van der Waals surface area contributed by atoms with E-state index in [-0.39, 0.29) is 40.8 Å². The average molecular weight is 439 g/mol. The van der Waals surface area contributed by atoms with Crippen LogP contribution in [0.15, 0.2) is 66.7 Å². The van der Waals surface area contributed by atoms with Crippen LogP contribution in [0.4, 0.5) is 0 Å². The second kappa shape index (κ2) is 7.94. The Balaban J connectivity index is 1.82. The maximum absolute atomic E-state index is 10.4. The normalized spacial score (nSPS) is 11.4. The lowest BCUT2D eigenvalue weighted by Crippen LogP contribution is -2.10. The summed E-state index contributed by atoms with van der Waals surface area (Å²) in [5, 5.41) is 34.6. The molecule has 4 aromatic carbocycles. The Hall–Kier alpha value is -4.39. The molecule has 1 aromatic heterocycles. The molecule has 1 heterocycles. The van der Waals surface area contributed by atoms with E-state index in [0.717, 1.165) is 39.2 Å². The first-order valence-electron chi connectivity index (χ1n) is 10.5. The molecule has 0 bridgehead atoms. The van der Waals surface area contributed by atoms with Gasteiger partial charge in [0.2, 0.25) is 0 Å². The number of phenolic OH excluding ortho intramolecular Hbond substituents is 3. The van der Waals surface area contributed by atoms with Crippen molar-refractivity contribution in [1.29, 1.82) is 0 Å². The van der Waals surface area contributed by atoms with Gasteiger partial charge in [0, 0.05) is 17.7 Å². The van der Waals surface area contributed by atoms with E-state index in [2.05, 4.69) is 21.0 Å². The Labute approximate surface area is 189 Å². The average Bonchev–Trinajstić information content (AvgIpc) is 2.77. The van der Waals surface area contributed by atoms with Gasteiger partial charge in [-0.25, -0.2) is 4.98 Å². The molecule has 0 fully saturated rings. The molecular formula is C26H21N3O4. The van der Waals surface area contributed by atoms with Gasteiger partial charge in [0.15, 0.2) is 11.6 Å². The molecule has 5 aromatic rings. The predicted octanol–water partition coefficient (Wildman–Crippen LogP) is 5.42. The molecule has 0 saturated carbocycles. The monoisotopic (exact) mass is 439 g/mol. The quantitative estimate of drug-likeness (QED) is 0.321. The van der Waals surface area contributed by atoms with Crippen molar-refractivity contribution < 1.29 is 20.1 Å². The highest BCUT2D eigenvalue weighted by Crippen LogP contribution is 2.40. The number of fused-ring (bicyclic) bond motifs is 3. The van der Waals surface area contributed by atoms with Crippen molar-refractivity contribution in [3.63, 3.8) is 0 Å². The molecule has 164 valence electrons. The van der Waals surface area contributed by atoms with Gasteiger partial charge in [-0.1, -0.05) is 48.5 Å². The van der Waals surface area contributed by atoms with Crippen molar-refractivity contribution in [2.24, 2.45) is 0 Å². The summed E-state index contributed by atoms with van der Waals surface area (Å²) in [5.74, 6) is -0.624. The Morgan fingerprint density at radius 1 is 0.697 bits per heavy atom. The van der Waals surface area contributed by atoms with Crippen molar-refractivity contribution in [3.8, 4) is 46.0 Å². The molecule has 0 radical (unpaired) electrons. The standard InChI is InChI=1S/C26H21N3O4/c1-14(2)33-26-28-24(27-25(29-26)23-21(31)12-16(30)13-22(23)32)20-11-15-7-3-4-8-17(15)18-9-5-6-10-19(18)20/h3-14,30-32H,1-2H3. The molecule has 7 heteroatoms. The largest absolute Gasteiger partial charge is 0.508 e. The molecule has 0 aliphatic heterocycles. The Morgan fingerprint density at radius 3 is 2.00 bits per heavy atom. The van der Waals surface area contributed by atoms with Gasteiger partial charge < -0.3 is 20.1 Å². The van der Waals surface area contributed by atoms with Crippen LogP contribution in [0.5, 0.6) is 23.3 Å². The molecule has 7 nitrogen and oxygen atoms in total. The second-order valence-corrected chi connectivity index (χ2v) is 7.98. The van der Waals surface area contributed by atoms with Gasteiger partial charge >= 0.3 is 6.01 Å². The minimum Gasteiger partial charge on any atom is -0.508 e. The summed E-state index contributed by atoms with van der Waals surface area (Å²) < 4.78 is 5.77. The Kier molecular flexibility index (Phi) is 4.94. The van der Waals surface area contributed by atoms with Gasteiger partial charge in [-0.2, -0.15) is 9.97 Å². The lowest BCUT2D eigenvalue weighted by atomic mass is 9.97. The zero-order valence-corrected chi connectivity index (χ0v) is 18.0. The number of aromatic hydroxyl groups is 3. The SMILES string of the molecule is CC(C)Oc1nc(-c2c(O)cc(O)cc2O)nc(-c2cc3ccccc3c3ccccc23)n1. The maximum Gasteiger partial charge on any atom is 0.320 e. The van der Waals surface area contributed by atoms with E-state index < -0.39 is 0 Å². The van der Waals surface area contributed by atoms with Crippen molar-refractivity contribution in [2.45, 2.75) is 20.0 Å². The van der Waals surface area contributed by atoms with E-state index in [1.807, 2.05) is 62.4 Å². The number of benzene rings is 4. The summed E-state index contributed by atoms with van der Waals surface area (Å²) in [4.78, 5) is 13.4. The van der Waals surface area contributed by atoms with Gasteiger partial charge in [0.25, 0.3) is 0 Å². The molecule has 0 amide bonds. The third kappa shape index (κ3) is 3.74. The molecule has 0 unspecified atom stereocenters. The summed E-state index contributed by atoms with van der Waals surface area (Å²) in [6, 6.07) is 20.4. The highest BCUT2D eigenvalue weighted by Gasteiger charge is 2.20. The minimum absolute atomic E-state index is 0.0184. The first-order chi connectivity index (χ1) is 15.9. The first kappa shape index (κ1) is 20.5. The summed E-state index contributed by atoms with van der Waals surface area (Å²) in [6.45, 7) is 3.70. The lowest BCUT2D eigenvalue weighted by molar-refractivity contribution is 0.222. The number of hydrogen-bond donors (Lipinski definition) is 3.